The molecule has 1 aliphatic rings. The number of hydrogen-bond donors (Lipinski definition) is 1. The summed E-state index contributed by atoms with van der Waals surface area (Å²) in [5.74, 6) is 0. The zero-order chi connectivity index (χ0) is 17.5. The third-order valence-corrected chi connectivity index (χ3v) is 6.17. The van der Waals surface area contributed by atoms with Crippen LogP contribution in [-0.2, 0) is 5.41 Å². The van der Waals surface area contributed by atoms with E-state index in [1.54, 1.807) is 0 Å². The largest absolute Gasteiger partial charge is 0.354 e. The lowest BCUT2D eigenvalue weighted by atomic mass is 9.80. The van der Waals surface area contributed by atoms with E-state index in [9.17, 15) is 0 Å². The fourth-order valence-electron chi connectivity index (χ4n) is 5.07. The van der Waals surface area contributed by atoms with Crippen LogP contribution in [0.2, 0.25) is 0 Å². The number of nitrogens with one attached hydrogen (secondary N) is 1. The third-order valence-electron chi connectivity index (χ3n) is 6.17. The molecule has 0 atom stereocenters. The van der Waals surface area contributed by atoms with Crippen molar-refractivity contribution >= 4 is 32.6 Å². The van der Waals surface area contributed by atoms with Crippen LogP contribution in [0.15, 0.2) is 72.8 Å². The molecule has 1 heteroatoms. The van der Waals surface area contributed by atoms with Crippen LogP contribution < -0.4 is 0 Å². The molecular formula is C25H21N. The first-order chi connectivity index (χ1) is 12.7. The van der Waals surface area contributed by atoms with Crippen molar-refractivity contribution in [2.24, 2.45) is 0 Å². The fourth-order valence-corrected chi connectivity index (χ4v) is 5.07. The quantitative estimate of drug-likeness (QED) is 0.313. The SMILES string of the molecule is CC1(C)c2ccccc2-c2c1c1[nH]c3ccccc3c1c1ccccc21.[HH]. The van der Waals surface area contributed by atoms with Gasteiger partial charge in [-0.2, -0.15) is 0 Å². The van der Waals surface area contributed by atoms with Crippen molar-refractivity contribution in [3.8, 4) is 11.1 Å². The zero-order valence-corrected chi connectivity index (χ0v) is 14.9. The van der Waals surface area contributed by atoms with Gasteiger partial charge in [-0.15, -0.1) is 0 Å². The Morgan fingerprint density at radius 2 is 1.38 bits per heavy atom. The van der Waals surface area contributed by atoms with Gasteiger partial charge in [-0.1, -0.05) is 80.6 Å². The van der Waals surface area contributed by atoms with E-state index in [0.29, 0.717) is 0 Å². The van der Waals surface area contributed by atoms with Gasteiger partial charge in [0, 0.05) is 23.1 Å². The van der Waals surface area contributed by atoms with Gasteiger partial charge in [0.1, 0.15) is 0 Å². The van der Waals surface area contributed by atoms with Gasteiger partial charge in [0.15, 0.2) is 0 Å². The molecule has 1 nitrogen and oxygen atoms in total. The molecule has 0 unspecified atom stereocenters. The number of hydrogen-bond acceptors (Lipinski definition) is 0. The Bertz CT molecular complexity index is 1360. The Morgan fingerprint density at radius 3 is 2.23 bits per heavy atom. The molecule has 0 spiro atoms. The summed E-state index contributed by atoms with van der Waals surface area (Å²) in [5, 5.41) is 5.37. The zero-order valence-electron chi connectivity index (χ0n) is 14.9. The molecule has 1 aliphatic carbocycles. The molecule has 1 aromatic heterocycles. The minimum absolute atomic E-state index is 0. The van der Waals surface area contributed by atoms with Crippen LogP contribution in [0.3, 0.4) is 0 Å². The number of H-pyrrole nitrogens is 1. The topological polar surface area (TPSA) is 15.8 Å². The molecule has 26 heavy (non-hydrogen) atoms. The predicted octanol–water partition coefficient (Wildman–Crippen LogP) is 7.03. The average molecular weight is 335 g/mol. The number of rotatable bonds is 0. The second kappa shape index (κ2) is 4.56. The van der Waals surface area contributed by atoms with E-state index >= 15 is 0 Å². The van der Waals surface area contributed by atoms with Crippen LogP contribution in [0.5, 0.6) is 0 Å². The van der Waals surface area contributed by atoms with E-state index in [1.807, 2.05) is 0 Å². The summed E-state index contributed by atoms with van der Waals surface area (Å²) in [7, 11) is 0. The van der Waals surface area contributed by atoms with Crippen molar-refractivity contribution in [2.75, 3.05) is 0 Å². The highest BCUT2D eigenvalue weighted by molar-refractivity contribution is 6.25. The smallest absolute Gasteiger partial charge is 0.0519 e. The van der Waals surface area contributed by atoms with Crippen LogP contribution in [0.25, 0.3) is 43.7 Å². The maximum Gasteiger partial charge on any atom is 0.0519 e. The summed E-state index contributed by atoms with van der Waals surface area (Å²) < 4.78 is 0. The maximum atomic E-state index is 3.76. The monoisotopic (exact) mass is 335 g/mol. The lowest BCUT2D eigenvalue weighted by Gasteiger charge is -2.22. The molecule has 0 amide bonds. The number of para-hydroxylation sites is 1. The molecule has 5 aromatic rings. The molecule has 0 saturated heterocycles. The van der Waals surface area contributed by atoms with Crippen LogP contribution in [0.1, 0.15) is 26.4 Å². The Kier molecular flexibility index (Phi) is 2.48. The van der Waals surface area contributed by atoms with Crippen molar-refractivity contribution in [1.29, 1.82) is 0 Å². The standard InChI is InChI=1S/C25H19N.H2/c1-25(2)19-13-7-5-11-17(19)21-15-9-3-4-10-16(15)22-18-12-6-8-14-20(18)26-24(22)23(21)25;/h3-14,26H,1-2H3;1H. The molecule has 1 N–H and O–H groups in total. The van der Waals surface area contributed by atoms with Crippen molar-refractivity contribution in [3.05, 3.63) is 83.9 Å². The molecule has 6 rings (SSSR count). The molecule has 0 aliphatic heterocycles. The second-order valence-corrected chi connectivity index (χ2v) is 7.89. The van der Waals surface area contributed by atoms with Gasteiger partial charge in [0.05, 0.1) is 5.52 Å². The highest BCUT2D eigenvalue weighted by Gasteiger charge is 2.38. The Morgan fingerprint density at radius 1 is 0.731 bits per heavy atom. The van der Waals surface area contributed by atoms with E-state index in [4.69, 9.17) is 0 Å². The Labute approximate surface area is 153 Å². The maximum absolute atomic E-state index is 3.76. The van der Waals surface area contributed by atoms with E-state index in [2.05, 4.69) is 91.6 Å². The Balaban J connectivity index is 0.00000160. The van der Waals surface area contributed by atoms with E-state index in [-0.39, 0.29) is 6.84 Å². The number of aromatic nitrogens is 1. The van der Waals surface area contributed by atoms with Crippen LogP contribution in [0.4, 0.5) is 0 Å². The summed E-state index contributed by atoms with van der Waals surface area (Å²) in [6.45, 7) is 4.72. The fraction of sp³-hybridized carbons (Fsp3) is 0.120. The van der Waals surface area contributed by atoms with Gasteiger partial charge in [0.25, 0.3) is 0 Å². The van der Waals surface area contributed by atoms with Gasteiger partial charge in [0.2, 0.25) is 0 Å². The predicted molar refractivity (Wildman–Crippen MR) is 113 cm³/mol. The average Bonchev–Trinajstić information content (AvgIpc) is 3.16. The van der Waals surface area contributed by atoms with Crippen molar-refractivity contribution in [3.63, 3.8) is 0 Å². The Hall–Kier alpha value is -3.06. The molecule has 0 fully saturated rings. The summed E-state index contributed by atoms with van der Waals surface area (Å²) in [4.78, 5) is 3.76. The molecule has 0 saturated carbocycles. The third kappa shape index (κ3) is 1.52. The summed E-state index contributed by atoms with van der Waals surface area (Å²) >= 11 is 0. The van der Waals surface area contributed by atoms with Crippen molar-refractivity contribution in [1.82, 2.24) is 4.98 Å². The van der Waals surface area contributed by atoms with Gasteiger partial charge >= 0.3 is 0 Å². The van der Waals surface area contributed by atoms with E-state index in [0.717, 1.165) is 0 Å². The minimum atomic E-state index is -0.0188. The molecule has 1 heterocycles. The van der Waals surface area contributed by atoms with E-state index < -0.39 is 0 Å². The molecule has 0 bridgehead atoms. The number of aromatic amines is 1. The lowest BCUT2D eigenvalue weighted by Crippen LogP contribution is -2.15. The molecule has 0 radical (unpaired) electrons. The van der Waals surface area contributed by atoms with Gasteiger partial charge in [-0.05, 0) is 39.1 Å². The summed E-state index contributed by atoms with van der Waals surface area (Å²) in [6.07, 6.45) is 0. The van der Waals surface area contributed by atoms with Crippen molar-refractivity contribution in [2.45, 2.75) is 19.3 Å². The van der Waals surface area contributed by atoms with E-state index in [1.165, 1.54) is 54.8 Å². The second-order valence-electron chi connectivity index (χ2n) is 7.89. The molecular weight excluding hydrogens is 314 g/mol. The van der Waals surface area contributed by atoms with Gasteiger partial charge in [-0.3, -0.25) is 0 Å². The normalized spacial score (nSPS) is 14.8. The molecule has 126 valence electrons. The highest BCUT2D eigenvalue weighted by atomic mass is 14.7. The summed E-state index contributed by atoms with van der Waals surface area (Å²) in [6, 6.07) is 26.4. The van der Waals surface area contributed by atoms with Gasteiger partial charge in [-0.25, -0.2) is 0 Å². The first-order valence-electron chi connectivity index (χ1n) is 9.23. The highest BCUT2D eigenvalue weighted by Crippen LogP contribution is 2.54. The number of fused-ring (bicyclic) bond motifs is 10. The van der Waals surface area contributed by atoms with Gasteiger partial charge < -0.3 is 4.98 Å². The van der Waals surface area contributed by atoms with Crippen molar-refractivity contribution < 1.29 is 1.43 Å². The van der Waals surface area contributed by atoms with Crippen LogP contribution in [0, 0.1) is 0 Å². The minimum Gasteiger partial charge on any atom is -0.354 e. The first-order valence-corrected chi connectivity index (χ1v) is 9.23. The molecule has 4 aromatic carbocycles. The van der Waals surface area contributed by atoms with Crippen LogP contribution >= 0.6 is 0 Å². The lowest BCUT2D eigenvalue weighted by molar-refractivity contribution is 0.665. The summed E-state index contributed by atoms with van der Waals surface area (Å²) in [5.41, 5.74) is 8.13. The number of benzene rings is 4. The first kappa shape index (κ1) is 14.1. The van der Waals surface area contributed by atoms with Crippen LogP contribution in [-0.4, -0.2) is 4.98 Å².